The van der Waals surface area contributed by atoms with Gasteiger partial charge < -0.3 is 15.8 Å². The van der Waals surface area contributed by atoms with Crippen molar-refractivity contribution in [2.75, 3.05) is 13.7 Å². The Bertz CT molecular complexity index is 550. The van der Waals surface area contributed by atoms with E-state index in [1.165, 1.54) is 12.1 Å². The van der Waals surface area contributed by atoms with E-state index in [9.17, 15) is 9.18 Å². The maximum Gasteiger partial charge on any atom is 1.00 e. The molecule has 1 aromatic rings. The molecule has 0 radical (unpaired) electrons. The van der Waals surface area contributed by atoms with E-state index in [2.05, 4.69) is 6.92 Å². The normalized spacial score (nSPS) is 24.2. The number of carbonyl (C=O) groups is 1. The zero-order chi connectivity index (χ0) is 17.2. The molecule has 1 aliphatic rings. The molecule has 1 aromatic carbocycles. The molecule has 6 heteroatoms. The van der Waals surface area contributed by atoms with Gasteiger partial charge in [0.1, 0.15) is 11.4 Å². The summed E-state index contributed by atoms with van der Waals surface area (Å²) < 4.78 is 24.3. The molecule has 1 saturated heterocycles. The van der Waals surface area contributed by atoms with Crippen LogP contribution >= 0.6 is 0 Å². The fourth-order valence-electron chi connectivity index (χ4n) is 2.99. The number of halogens is 1. The van der Waals surface area contributed by atoms with Crippen LogP contribution < -0.4 is 29.6 Å². The summed E-state index contributed by atoms with van der Waals surface area (Å²) in [5, 5.41) is 0. The molecule has 3 atom stereocenters. The van der Waals surface area contributed by atoms with E-state index in [-0.39, 0.29) is 61.0 Å². The molecule has 0 N–H and O–H groups in total. The molecule has 1 fully saturated rings. The molecule has 4 nitrogen and oxygen atoms in total. The predicted octanol–water partition coefficient (Wildman–Crippen LogP) is 1.28. The van der Waals surface area contributed by atoms with Crippen LogP contribution in [0.2, 0.25) is 0 Å². The minimum atomic E-state index is -0.550. The van der Waals surface area contributed by atoms with E-state index < -0.39 is 5.60 Å². The Hall–Kier alpha value is -0.620. The van der Waals surface area contributed by atoms with Gasteiger partial charge in [-0.15, -0.1) is 0 Å². The zero-order valence-electron chi connectivity index (χ0n) is 16.5. The van der Waals surface area contributed by atoms with Gasteiger partial charge >= 0.3 is 35.7 Å². The third kappa shape index (κ3) is 5.45. The first-order chi connectivity index (χ1) is 10.7. The first-order valence-electron chi connectivity index (χ1n) is 7.99. The van der Waals surface area contributed by atoms with E-state index in [0.29, 0.717) is 13.0 Å². The number of piperidine rings is 1. The number of hydrogen-bond donors (Lipinski definition) is 0. The van der Waals surface area contributed by atoms with Crippen molar-refractivity contribution in [3.8, 4) is 0 Å². The third-order valence-corrected chi connectivity index (χ3v) is 4.14. The van der Waals surface area contributed by atoms with Crippen molar-refractivity contribution in [2.45, 2.75) is 51.9 Å². The van der Waals surface area contributed by atoms with Gasteiger partial charge in [-0.2, -0.15) is 0 Å². The molecule has 0 bridgehead atoms. The number of benzene rings is 1. The van der Waals surface area contributed by atoms with Gasteiger partial charge in [0.25, 0.3) is 0 Å². The van der Waals surface area contributed by atoms with Crippen LogP contribution in [-0.4, -0.2) is 36.4 Å². The molecule has 0 saturated carbocycles. The van der Waals surface area contributed by atoms with Crippen molar-refractivity contribution < 1.29 is 49.6 Å². The second kappa shape index (κ2) is 8.65. The van der Waals surface area contributed by atoms with Crippen molar-refractivity contribution in [3.63, 3.8) is 0 Å². The number of amides is 1. The van der Waals surface area contributed by atoms with Gasteiger partial charge in [-0.05, 0) is 44.9 Å². The van der Waals surface area contributed by atoms with E-state index in [1.807, 2.05) is 20.8 Å². The molecule has 0 spiro atoms. The van der Waals surface area contributed by atoms with Crippen LogP contribution in [0.25, 0.3) is 0 Å². The minimum Gasteiger partial charge on any atom is -1.00 e. The summed E-state index contributed by atoms with van der Waals surface area (Å²) in [7, 11) is 1.69. The van der Waals surface area contributed by atoms with Crippen molar-refractivity contribution >= 4 is 6.09 Å². The summed E-state index contributed by atoms with van der Waals surface area (Å²) in [6.07, 6.45) is 0.389. The molecule has 1 heterocycles. The second-order valence-electron chi connectivity index (χ2n) is 7.19. The van der Waals surface area contributed by atoms with Gasteiger partial charge in [-0.3, -0.25) is 0 Å². The smallest absolute Gasteiger partial charge is 1.00 e. The summed E-state index contributed by atoms with van der Waals surface area (Å²) in [4.78, 5) is 14.3. The van der Waals surface area contributed by atoms with Gasteiger partial charge in [0.05, 0.1) is 12.1 Å². The zero-order valence-corrected chi connectivity index (χ0v) is 17.5. The van der Waals surface area contributed by atoms with Crippen LogP contribution in [0.5, 0.6) is 0 Å². The number of carbonyl (C=O) groups excluding carboxylic acids is 1. The summed E-state index contributed by atoms with van der Waals surface area (Å²) in [5.41, 5.74) is 0.345. The van der Waals surface area contributed by atoms with Crippen molar-refractivity contribution in [3.05, 3.63) is 35.6 Å². The molecular weight excluding hydrogens is 320 g/mol. The molecule has 24 heavy (non-hydrogen) atoms. The Morgan fingerprint density at radius 3 is 2.38 bits per heavy atom. The predicted molar refractivity (Wildman–Crippen MR) is 87.8 cm³/mol. The number of ether oxygens (including phenoxy) is 2. The van der Waals surface area contributed by atoms with Crippen LogP contribution in [0.3, 0.4) is 0 Å². The van der Waals surface area contributed by atoms with Gasteiger partial charge in [0.15, 0.2) is 0 Å². The molecular formula is C18H27FNNaO3. The quantitative estimate of drug-likeness (QED) is 0.757. The number of nitrogens with zero attached hydrogens (tertiary/aromatic N) is 1. The standard InChI is InChI=1S/C18H26FNO3.Na.H/c1-12-11-20(17(21)23-18(2,3)4)15(10-16(12)22-5)13-6-8-14(19)9-7-13;;/h6-9,12,15-16H,10-11H2,1-5H3;;/q;+1;-1/t12-,15-,16-;;/m1../s1. The van der Waals surface area contributed by atoms with Crippen LogP contribution in [0.4, 0.5) is 9.18 Å². The second-order valence-corrected chi connectivity index (χ2v) is 7.19. The summed E-state index contributed by atoms with van der Waals surface area (Å²) in [6.45, 7) is 8.16. The average molecular weight is 347 g/mol. The van der Waals surface area contributed by atoms with E-state index in [0.717, 1.165) is 5.56 Å². The fourth-order valence-corrected chi connectivity index (χ4v) is 2.99. The minimum absolute atomic E-state index is 0. The summed E-state index contributed by atoms with van der Waals surface area (Å²) in [5.74, 6) is -0.0748. The maximum atomic E-state index is 13.2. The molecule has 0 unspecified atom stereocenters. The van der Waals surface area contributed by atoms with E-state index >= 15 is 0 Å². The Morgan fingerprint density at radius 2 is 1.88 bits per heavy atom. The van der Waals surface area contributed by atoms with Gasteiger partial charge in [-0.1, -0.05) is 19.1 Å². The molecule has 2 rings (SSSR count). The third-order valence-electron chi connectivity index (χ3n) is 4.14. The van der Waals surface area contributed by atoms with Gasteiger partial charge in [-0.25, -0.2) is 9.18 Å². The first kappa shape index (κ1) is 21.4. The SMILES string of the molecule is CO[C@@H]1C[C@H](c2ccc(F)cc2)N(C(=O)OC(C)(C)C)C[C@H]1C.[H-].[Na+]. The Balaban J connectivity index is 0.00000288. The summed E-state index contributed by atoms with van der Waals surface area (Å²) in [6, 6.07) is 6.11. The molecule has 130 valence electrons. The average Bonchev–Trinajstić information content (AvgIpc) is 2.46. The van der Waals surface area contributed by atoms with Crippen molar-refractivity contribution in [1.29, 1.82) is 0 Å². The number of likely N-dealkylation sites (tertiary alicyclic amines) is 1. The van der Waals surface area contributed by atoms with Crippen LogP contribution in [0, 0.1) is 11.7 Å². The van der Waals surface area contributed by atoms with Crippen molar-refractivity contribution in [2.24, 2.45) is 5.92 Å². The number of methoxy groups -OCH3 is 1. The molecule has 1 aliphatic heterocycles. The van der Waals surface area contributed by atoms with Gasteiger partial charge in [0.2, 0.25) is 0 Å². The molecule has 1 amide bonds. The van der Waals surface area contributed by atoms with Crippen LogP contribution in [0.15, 0.2) is 24.3 Å². The Morgan fingerprint density at radius 1 is 1.29 bits per heavy atom. The van der Waals surface area contributed by atoms with E-state index in [1.54, 1.807) is 24.1 Å². The van der Waals surface area contributed by atoms with Crippen LogP contribution in [-0.2, 0) is 9.47 Å². The van der Waals surface area contributed by atoms with Crippen molar-refractivity contribution in [1.82, 2.24) is 4.90 Å². The Labute approximate surface area is 167 Å². The fraction of sp³-hybridized carbons (Fsp3) is 0.611. The van der Waals surface area contributed by atoms with Gasteiger partial charge in [0, 0.05) is 19.6 Å². The Kier molecular flexibility index (Phi) is 7.73. The maximum absolute atomic E-state index is 13.2. The largest absolute Gasteiger partial charge is 1.00 e. The van der Waals surface area contributed by atoms with E-state index in [4.69, 9.17) is 9.47 Å². The monoisotopic (exact) mass is 347 g/mol. The topological polar surface area (TPSA) is 38.8 Å². The molecule has 0 aliphatic carbocycles. The number of rotatable bonds is 2. The van der Waals surface area contributed by atoms with Crippen LogP contribution in [0.1, 0.15) is 47.1 Å². The number of hydrogen-bond acceptors (Lipinski definition) is 3. The molecule has 0 aromatic heterocycles. The summed E-state index contributed by atoms with van der Waals surface area (Å²) >= 11 is 0. The first-order valence-corrected chi connectivity index (χ1v) is 7.99.